The maximum Gasteiger partial charge on any atom is 0.410 e. The van der Waals surface area contributed by atoms with E-state index in [1.165, 1.54) is 24.0 Å². The number of ether oxygens (including phenoxy) is 1. The van der Waals surface area contributed by atoms with Gasteiger partial charge in [-0.15, -0.1) is 0 Å². The highest BCUT2D eigenvalue weighted by Crippen LogP contribution is 2.41. The van der Waals surface area contributed by atoms with Crippen LogP contribution in [0.3, 0.4) is 0 Å². The molecule has 0 radical (unpaired) electrons. The van der Waals surface area contributed by atoms with Gasteiger partial charge in [0.1, 0.15) is 5.60 Å². The second-order valence-corrected chi connectivity index (χ2v) is 7.44. The van der Waals surface area contributed by atoms with Crippen molar-refractivity contribution in [2.45, 2.75) is 57.7 Å². The van der Waals surface area contributed by atoms with Crippen molar-refractivity contribution in [1.29, 1.82) is 0 Å². The van der Waals surface area contributed by atoms with Gasteiger partial charge in [-0.05, 0) is 50.7 Å². The molecule has 1 amide bonds. The second-order valence-electron chi connectivity index (χ2n) is 7.44. The summed E-state index contributed by atoms with van der Waals surface area (Å²) < 4.78 is 5.37. The third-order valence-electron chi connectivity index (χ3n) is 4.19. The molecule has 3 rings (SSSR count). The van der Waals surface area contributed by atoms with Gasteiger partial charge in [0.25, 0.3) is 0 Å². The molecule has 4 heteroatoms. The molecular weight excluding hydrogens is 276 g/mol. The van der Waals surface area contributed by atoms with E-state index in [4.69, 9.17) is 4.74 Å². The minimum atomic E-state index is -0.418. The third-order valence-corrected chi connectivity index (χ3v) is 4.19. The number of rotatable bonds is 4. The third kappa shape index (κ3) is 3.80. The Morgan fingerprint density at radius 3 is 2.59 bits per heavy atom. The van der Waals surface area contributed by atoms with Crippen molar-refractivity contribution in [2.24, 2.45) is 0 Å². The van der Waals surface area contributed by atoms with E-state index >= 15 is 0 Å². The van der Waals surface area contributed by atoms with Crippen molar-refractivity contribution in [3.63, 3.8) is 0 Å². The molecule has 22 heavy (non-hydrogen) atoms. The summed E-state index contributed by atoms with van der Waals surface area (Å²) in [4.78, 5) is 13.6. The fourth-order valence-electron chi connectivity index (χ4n) is 2.83. The maximum atomic E-state index is 11.9. The summed E-state index contributed by atoms with van der Waals surface area (Å²) in [5.74, 6) is 0.776. The van der Waals surface area contributed by atoms with Gasteiger partial charge in [-0.25, -0.2) is 4.79 Å². The highest BCUT2D eigenvalue weighted by molar-refractivity contribution is 5.69. The zero-order valence-electron chi connectivity index (χ0n) is 13.8. The van der Waals surface area contributed by atoms with Crippen molar-refractivity contribution in [2.75, 3.05) is 13.1 Å². The Bertz CT molecular complexity index is 540. The van der Waals surface area contributed by atoms with Gasteiger partial charge in [0.15, 0.2) is 0 Å². The molecule has 120 valence electrons. The number of amides is 1. The van der Waals surface area contributed by atoms with E-state index in [-0.39, 0.29) is 6.09 Å². The number of hydrogen-bond donors (Lipinski definition) is 1. The standard InChI is InChI=1S/C18H26N2O2/c1-18(2,3)22-17(21)20-11-15(12-20)19-10-14-6-4-5-7-16(14)13-8-9-13/h4-7,13,15,19H,8-12H2,1-3H3. The molecule has 0 aromatic heterocycles. The maximum absolute atomic E-state index is 11.9. The average molecular weight is 302 g/mol. The van der Waals surface area contributed by atoms with Gasteiger partial charge in [0.05, 0.1) is 0 Å². The van der Waals surface area contributed by atoms with Crippen molar-refractivity contribution in [1.82, 2.24) is 10.2 Å². The van der Waals surface area contributed by atoms with Gasteiger partial charge < -0.3 is 15.0 Å². The quantitative estimate of drug-likeness (QED) is 0.928. The zero-order chi connectivity index (χ0) is 15.7. The zero-order valence-corrected chi connectivity index (χ0v) is 13.8. The number of hydrogen-bond acceptors (Lipinski definition) is 3. The van der Waals surface area contributed by atoms with Crippen LogP contribution in [0.4, 0.5) is 4.79 Å². The summed E-state index contributed by atoms with van der Waals surface area (Å²) in [6.07, 6.45) is 2.45. The molecule has 1 aromatic carbocycles. The first-order valence-electron chi connectivity index (χ1n) is 8.21. The molecule has 1 saturated carbocycles. The van der Waals surface area contributed by atoms with Crippen LogP contribution in [0.1, 0.15) is 50.7 Å². The first-order chi connectivity index (χ1) is 10.4. The number of nitrogens with one attached hydrogen (secondary N) is 1. The summed E-state index contributed by atoms with van der Waals surface area (Å²) in [6.45, 7) is 8.06. The average Bonchev–Trinajstić information content (AvgIpc) is 3.19. The Hall–Kier alpha value is -1.55. The number of likely N-dealkylation sites (tertiary alicyclic amines) is 1. The number of benzene rings is 1. The smallest absolute Gasteiger partial charge is 0.410 e. The summed E-state index contributed by atoms with van der Waals surface area (Å²) in [5, 5.41) is 3.56. The Labute approximate surface area is 132 Å². The van der Waals surface area contributed by atoms with Gasteiger partial charge in [-0.1, -0.05) is 24.3 Å². The molecule has 0 unspecified atom stereocenters. The first kappa shape index (κ1) is 15.3. The summed E-state index contributed by atoms with van der Waals surface area (Å²) in [6, 6.07) is 9.08. The largest absolute Gasteiger partial charge is 0.444 e. The van der Waals surface area contributed by atoms with Gasteiger partial charge >= 0.3 is 6.09 Å². The van der Waals surface area contributed by atoms with Gasteiger partial charge in [0.2, 0.25) is 0 Å². The van der Waals surface area contributed by atoms with E-state index in [9.17, 15) is 4.79 Å². The molecule has 1 heterocycles. The predicted octanol–water partition coefficient (Wildman–Crippen LogP) is 3.27. The van der Waals surface area contributed by atoms with Crippen LogP contribution in [0.2, 0.25) is 0 Å². The Kier molecular flexibility index (Phi) is 4.13. The number of carbonyl (C=O) groups excluding carboxylic acids is 1. The number of carbonyl (C=O) groups is 1. The molecule has 1 N–H and O–H groups in total. The lowest BCUT2D eigenvalue weighted by molar-refractivity contribution is 0.00518. The van der Waals surface area contributed by atoms with Crippen LogP contribution in [0.15, 0.2) is 24.3 Å². The molecular formula is C18H26N2O2. The fraction of sp³-hybridized carbons (Fsp3) is 0.611. The molecule has 1 saturated heterocycles. The molecule has 1 aliphatic carbocycles. The van der Waals surface area contributed by atoms with Crippen LogP contribution >= 0.6 is 0 Å². The summed E-state index contributed by atoms with van der Waals surface area (Å²) in [7, 11) is 0. The van der Waals surface area contributed by atoms with Crippen molar-refractivity contribution in [3.05, 3.63) is 35.4 Å². The normalized spacial score (nSPS) is 19.0. The highest BCUT2D eigenvalue weighted by Gasteiger charge is 2.33. The second kappa shape index (κ2) is 5.92. The van der Waals surface area contributed by atoms with Gasteiger partial charge in [-0.3, -0.25) is 0 Å². The molecule has 0 spiro atoms. The minimum absolute atomic E-state index is 0.205. The molecule has 2 fully saturated rings. The SMILES string of the molecule is CC(C)(C)OC(=O)N1CC(NCc2ccccc2C2CC2)C1. The molecule has 0 atom stereocenters. The van der Waals surface area contributed by atoms with Crippen LogP contribution in [-0.2, 0) is 11.3 Å². The van der Waals surface area contributed by atoms with Crippen LogP contribution in [0.25, 0.3) is 0 Å². The van der Waals surface area contributed by atoms with E-state index in [0.717, 1.165) is 25.6 Å². The van der Waals surface area contributed by atoms with Gasteiger partial charge in [0, 0.05) is 25.7 Å². The molecule has 1 aromatic rings. The summed E-state index contributed by atoms with van der Waals surface area (Å²) in [5.41, 5.74) is 2.48. The fourth-order valence-corrected chi connectivity index (χ4v) is 2.83. The molecule has 2 aliphatic rings. The van der Waals surface area contributed by atoms with E-state index in [1.807, 2.05) is 20.8 Å². The van der Waals surface area contributed by atoms with E-state index < -0.39 is 5.60 Å². The Morgan fingerprint density at radius 1 is 1.27 bits per heavy atom. The Morgan fingerprint density at radius 2 is 1.95 bits per heavy atom. The lowest BCUT2D eigenvalue weighted by Crippen LogP contribution is -2.60. The number of nitrogens with zero attached hydrogens (tertiary/aromatic N) is 1. The van der Waals surface area contributed by atoms with Gasteiger partial charge in [-0.2, -0.15) is 0 Å². The van der Waals surface area contributed by atoms with Crippen LogP contribution in [0, 0.1) is 0 Å². The van der Waals surface area contributed by atoms with Crippen molar-refractivity contribution in [3.8, 4) is 0 Å². The summed E-state index contributed by atoms with van der Waals surface area (Å²) >= 11 is 0. The first-order valence-corrected chi connectivity index (χ1v) is 8.21. The minimum Gasteiger partial charge on any atom is -0.444 e. The Balaban J connectivity index is 1.44. The monoisotopic (exact) mass is 302 g/mol. The van der Waals surface area contributed by atoms with Crippen LogP contribution in [-0.4, -0.2) is 35.7 Å². The van der Waals surface area contributed by atoms with Crippen LogP contribution in [0.5, 0.6) is 0 Å². The van der Waals surface area contributed by atoms with E-state index in [0.29, 0.717) is 6.04 Å². The topological polar surface area (TPSA) is 41.6 Å². The van der Waals surface area contributed by atoms with Crippen LogP contribution < -0.4 is 5.32 Å². The lowest BCUT2D eigenvalue weighted by atomic mass is 10.0. The molecule has 4 nitrogen and oxygen atoms in total. The highest BCUT2D eigenvalue weighted by atomic mass is 16.6. The van der Waals surface area contributed by atoms with Crippen molar-refractivity contribution < 1.29 is 9.53 Å². The van der Waals surface area contributed by atoms with E-state index in [1.54, 1.807) is 4.90 Å². The molecule has 1 aliphatic heterocycles. The van der Waals surface area contributed by atoms with Crippen molar-refractivity contribution >= 4 is 6.09 Å². The predicted molar refractivity (Wildman–Crippen MR) is 86.9 cm³/mol. The lowest BCUT2D eigenvalue weighted by Gasteiger charge is -2.40. The van der Waals surface area contributed by atoms with E-state index in [2.05, 4.69) is 29.6 Å². The molecule has 0 bridgehead atoms.